The molecule has 0 aliphatic carbocycles. The van der Waals surface area contributed by atoms with Crippen LogP contribution in [-0.4, -0.2) is 30.4 Å². The van der Waals surface area contributed by atoms with E-state index in [1.54, 1.807) is 6.07 Å². The molecule has 0 fully saturated rings. The minimum absolute atomic E-state index is 0.0636. The first-order valence-corrected chi connectivity index (χ1v) is 8.04. The van der Waals surface area contributed by atoms with Gasteiger partial charge in [0.05, 0.1) is 23.3 Å². The Bertz CT molecular complexity index is 933. The van der Waals surface area contributed by atoms with Gasteiger partial charge in [-0.15, -0.1) is 0 Å². The van der Waals surface area contributed by atoms with Crippen LogP contribution >= 0.6 is 0 Å². The summed E-state index contributed by atoms with van der Waals surface area (Å²) in [6, 6.07) is 17.3. The van der Waals surface area contributed by atoms with Crippen LogP contribution in [0.25, 0.3) is 22.2 Å². The number of pyridine rings is 1. The van der Waals surface area contributed by atoms with Crippen molar-refractivity contribution in [2.45, 2.75) is 6.92 Å². The maximum absolute atomic E-state index is 12.6. The Hall–Kier alpha value is -3.21. The van der Waals surface area contributed by atoms with Gasteiger partial charge in [-0.1, -0.05) is 48.0 Å². The third-order valence-corrected chi connectivity index (χ3v) is 4.00. The first-order chi connectivity index (χ1) is 12.1. The van der Waals surface area contributed by atoms with Gasteiger partial charge in [-0.3, -0.25) is 9.59 Å². The largest absolute Gasteiger partial charge is 0.358 e. The third kappa shape index (κ3) is 3.66. The highest BCUT2D eigenvalue weighted by molar-refractivity contribution is 6.08. The molecule has 0 saturated carbocycles. The fourth-order valence-corrected chi connectivity index (χ4v) is 2.58. The Balaban J connectivity index is 2.05. The Kier molecular flexibility index (Phi) is 4.75. The number of hydrogen-bond acceptors (Lipinski definition) is 3. The minimum atomic E-state index is -0.296. The predicted octanol–water partition coefficient (Wildman–Crippen LogP) is 2.69. The number of likely N-dealkylation sites (N-methyl/N-ethyl adjacent to an activating group) is 1. The van der Waals surface area contributed by atoms with Gasteiger partial charge >= 0.3 is 0 Å². The van der Waals surface area contributed by atoms with E-state index in [0.29, 0.717) is 5.56 Å². The number of nitrogens with one attached hydrogen (secondary N) is 2. The van der Waals surface area contributed by atoms with E-state index in [0.717, 1.165) is 27.7 Å². The van der Waals surface area contributed by atoms with Crippen LogP contribution in [0.5, 0.6) is 0 Å². The molecule has 3 aromatic rings. The standard InChI is InChI=1S/C20H19N3O2/c1-13-7-9-14(10-8-13)18-11-16(20(25)22-12-19(24)21-2)15-5-3-4-6-17(15)23-18/h3-11H,12H2,1-2H3,(H,21,24)(H,22,25). The van der Waals surface area contributed by atoms with Crippen molar-refractivity contribution in [2.75, 3.05) is 13.6 Å². The third-order valence-electron chi connectivity index (χ3n) is 4.00. The van der Waals surface area contributed by atoms with Gasteiger partial charge in [0.15, 0.2) is 0 Å². The molecule has 2 N–H and O–H groups in total. The summed E-state index contributed by atoms with van der Waals surface area (Å²) in [4.78, 5) is 28.7. The molecule has 1 aromatic heterocycles. The van der Waals surface area contributed by atoms with E-state index in [9.17, 15) is 9.59 Å². The van der Waals surface area contributed by atoms with Crippen LogP contribution < -0.4 is 10.6 Å². The molecule has 2 aromatic carbocycles. The second kappa shape index (κ2) is 7.13. The summed E-state index contributed by atoms with van der Waals surface area (Å²) in [6.45, 7) is 1.96. The lowest BCUT2D eigenvalue weighted by atomic mass is 10.0. The number of para-hydroxylation sites is 1. The first-order valence-electron chi connectivity index (χ1n) is 8.04. The van der Waals surface area contributed by atoms with Crippen LogP contribution in [0.2, 0.25) is 0 Å². The molecule has 5 heteroatoms. The lowest BCUT2D eigenvalue weighted by Gasteiger charge is -2.10. The van der Waals surface area contributed by atoms with E-state index in [-0.39, 0.29) is 18.4 Å². The number of aryl methyl sites for hydroxylation is 1. The molecule has 0 aliphatic heterocycles. The zero-order chi connectivity index (χ0) is 17.8. The van der Waals surface area contributed by atoms with Crippen molar-refractivity contribution in [3.63, 3.8) is 0 Å². The first kappa shape index (κ1) is 16.6. The fourth-order valence-electron chi connectivity index (χ4n) is 2.58. The quantitative estimate of drug-likeness (QED) is 0.771. The summed E-state index contributed by atoms with van der Waals surface area (Å²) in [5.41, 5.74) is 4.07. The number of rotatable bonds is 4. The molecule has 0 spiro atoms. The van der Waals surface area contributed by atoms with Crippen LogP contribution in [0.15, 0.2) is 54.6 Å². The van der Waals surface area contributed by atoms with E-state index in [2.05, 4.69) is 15.6 Å². The summed E-state index contributed by atoms with van der Waals surface area (Å²) >= 11 is 0. The Morgan fingerprint density at radius 2 is 1.76 bits per heavy atom. The number of carbonyl (C=O) groups is 2. The highest BCUT2D eigenvalue weighted by atomic mass is 16.2. The van der Waals surface area contributed by atoms with Crippen LogP contribution in [0, 0.1) is 6.92 Å². The van der Waals surface area contributed by atoms with Crippen LogP contribution in [0.3, 0.4) is 0 Å². The van der Waals surface area contributed by atoms with Gasteiger partial charge in [0.2, 0.25) is 5.91 Å². The smallest absolute Gasteiger partial charge is 0.252 e. The number of benzene rings is 2. The molecule has 0 aliphatic rings. The van der Waals surface area contributed by atoms with Crippen LogP contribution in [-0.2, 0) is 4.79 Å². The van der Waals surface area contributed by atoms with Gasteiger partial charge in [-0.05, 0) is 19.1 Å². The average Bonchev–Trinajstić information content (AvgIpc) is 2.65. The molecule has 126 valence electrons. The topological polar surface area (TPSA) is 71.1 Å². The summed E-state index contributed by atoms with van der Waals surface area (Å²) in [5.74, 6) is -0.541. The second-order valence-corrected chi connectivity index (χ2v) is 5.79. The normalized spacial score (nSPS) is 10.5. The summed E-state index contributed by atoms with van der Waals surface area (Å²) < 4.78 is 0. The molecule has 25 heavy (non-hydrogen) atoms. The number of fused-ring (bicyclic) bond motifs is 1. The number of aromatic nitrogens is 1. The molecule has 5 nitrogen and oxygen atoms in total. The Morgan fingerprint density at radius 3 is 2.48 bits per heavy atom. The lowest BCUT2D eigenvalue weighted by Crippen LogP contribution is -2.35. The van der Waals surface area contributed by atoms with Crippen molar-refractivity contribution in [1.82, 2.24) is 15.6 Å². The monoisotopic (exact) mass is 333 g/mol. The maximum atomic E-state index is 12.6. The summed E-state index contributed by atoms with van der Waals surface area (Å²) in [6.07, 6.45) is 0. The Labute approximate surface area is 146 Å². The average molecular weight is 333 g/mol. The molecule has 0 radical (unpaired) electrons. The van der Waals surface area contributed by atoms with Crippen molar-refractivity contribution in [2.24, 2.45) is 0 Å². The summed E-state index contributed by atoms with van der Waals surface area (Å²) in [5, 5.41) is 5.89. The van der Waals surface area contributed by atoms with Crippen molar-refractivity contribution < 1.29 is 9.59 Å². The number of carbonyl (C=O) groups excluding carboxylic acids is 2. The van der Waals surface area contributed by atoms with Gasteiger partial charge in [-0.2, -0.15) is 0 Å². The molecule has 1 heterocycles. The molecule has 0 saturated heterocycles. The van der Waals surface area contributed by atoms with Crippen LogP contribution in [0.4, 0.5) is 0 Å². The van der Waals surface area contributed by atoms with E-state index in [1.807, 2.05) is 55.5 Å². The Morgan fingerprint density at radius 1 is 1.04 bits per heavy atom. The number of nitrogens with zero attached hydrogens (tertiary/aromatic N) is 1. The SMILES string of the molecule is CNC(=O)CNC(=O)c1cc(-c2ccc(C)cc2)nc2ccccc12. The molecule has 0 bridgehead atoms. The zero-order valence-electron chi connectivity index (χ0n) is 14.2. The van der Waals surface area contributed by atoms with E-state index in [4.69, 9.17) is 0 Å². The molecular weight excluding hydrogens is 314 g/mol. The predicted molar refractivity (Wildman–Crippen MR) is 98.3 cm³/mol. The molecule has 0 unspecified atom stereocenters. The maximum Gasteiger partial charge on any atom is 0.252 e. The molecule has 3 rings (SSSR count). The van der Waals surface area contributed by atoms with Crippen LogP contribution in [0.1, 0.15) is 15.9 Å². The number of amides is 2. The molecular formula is C20H19N3O2. The fraction of sp³-hybridized carbons (Fsp3) is 0.150. The summed E-state index contributed by atoms with van der Waals surface area (Å²) in [7, 11) is 1.53. The van der Waals surface area contributed by atoms with Crippen molar-refractivity contribution in [3.8, 4) is 11.3 Å². The molecule has 0 atom stereocenters. The van der Waals surface area contributed by atoms with E-state index in [1.165, 1.54) is 7.05 Å². The van der Waals surface area contributed by atoms with Crippen molar-refractivity contribution >= 4 is 22.7 Å². The highest BCUT2D eigenvalue weighted by Crippen LogP contribution is 2.25. The van der Waals surface area contributed by atoms with E-state index >= 15 is 0 Å². The van der Waals surface area contributed by atoms with Crippen molar-refractivity contribution in [3.05, 3.63) is 65.7 Å². The van der Waals surface area contributed by atoms with Gasteiger partial charge in [0, 0.05) is 18.0 Å². The highest BCUT2D eigenvalue weighted by Gasteiger charge is 2.14. The second-order valence-electron chi connectivity index (χ2n) is 5.79. The van der Waals surface area contributed by atoms with Gasteiger partial charge in [0.1, 0.15) is 0 Å². The zero-order valence-corrected chi connectivity index (χ0v) is 14.2. The van der Waals surface area contributed by atoms with Gasteiger partial charge in [-0.25, -0.2) is 4.98 Å². The molecule has 2 amide bonds. The van der Waals surface area contributed by atoms with E-state index < -0.39 is 0 Å². The van der Waals surface area contributed by atoms with Gasteiger partial charge in [0.25, 0.3) is 5.91 Å². The lowest BCUT2D eigenvalue weighted by molar-refractivity contribution is -0.119. The number of hydrogen-bond donors (Lipinski definition) is 2. The van der Waals surface area contributed by atoms with Gasteiger partial charge < -0.3 is 10.6 Å². The van der Waals surface area contributed by atoms with Crippen molar-refractivity contribution in [1.29, 1.82) is 0 Å². The minimum Gasteiger partial charge on any atom is -0.358 e.